The van der Waals surface area contributed by atoms with Crippen LogP contribution in [0.25, 0.3) is 0 Å². The second-order valence-electron chi connectivity index (χ2n) is 12.4. The third-order valence-corrected chi connectivity index (χ3v) is 10.4. The molecular weight excluding hydrogens is 654 g/mol. The lowest BCUT2D eigenvalue weighted by atomic mass is 9.70. The molecule has 3 saturated heterocycles. The molecule has 3 amide bonds. The van der Waals surface area contributed by atoms with E-state index in [4.69, 9.17) is 9.47 Å². The SMILES string of the molecule is C=CCCC(=O)OC[C@H](NC(=O)[C@H]1[C@@H]2O[C@@]3(CC2Br)[C@@H]1C(=O)N([C@@H](CC)CO)[C@@H]3C(=O)N(CC=C)CCCCC)c1ccccc1. The number of halogens is 1. The predicted molar refractivity (Wildman–Crippen MR) is 178 cm³/mol. The number of benzene rings is 1. The van der Waals surface area contributed by atoms with Crippen molar-refractivity contribution in [2.45, 2.75) is 93.5 Å². The molecule has 0 aromatic heterocycles. The molecule has 8 atom stereocenters. The monoisotopic (exact) mass is 701 g/mol. The highest BCUT2D eigenvalue weighted by Gasteiger charge is 2.77. The Bertz CT molecular complexity index is 1260. The van der Waals surface area contributed by atoms with Crippen LogP contribution in [0, 0.1) is 11.8 Å². The lowest BCUT2D eigenvalue weighted by Crippen LogP contribution is -2.59. The Balaban J connectivity index is 1.67. The van der Waals surface area contributed by atoms with E-state index in [0.717, 1.165) is 24.8 Å². The van der Waals surface area contributed by atoms with Crippen LogP contribution in [0.5, 0.6) is 0 Å². The maximum absolute atomic E-state index is 14.5. The van der Waals surface area contributed by atoms with Crippen LogP contribution in [0.15, 0.2) is 55.6 Å². The number of amides is 3. The van der Waals surface area contributed by atoms with Crippen LogP contribution in [0.2, 0.25) is 0 Å². The van der Waals surface area contributed by atoms with E-state index in [-0.39, 0.29) is 36.3 Å². The number of rotatable bonds is 18. The van der Waals surface area contributed by atoms with Gasteiger partial charge in [0.25, 0.3) is 0 Å². The number of fused-ring (bicyclic) bond motifs is 1. The number of aliphatic hydroxyl groups is 1. The van der Waals surface area contributed by atoms with Gasteiger partial charge in [0.2, 0.25) is 17.7 Å². The molecule has 2 N–H and O–H groups in total. The Kier molecular flexibility index (Phi) is 12.6. The maximum Gasteiger partial charge on any atom is 0.306 e. The fourth-order valence-electron chi connectivity index (χ4n) is 7.27. The number of aliphatic hydroxyl groups excluding tert-OH is 1. The smallest absolute Gasteiger partial charge is 0.306 e. The highest BCUT2D eigenvalue weighted by Crippen LogP contribution is 2.60. The molecule has 0 saturated carbocycles. The van der Waals surface area contributed by atoms with Crippen LogP contribution in [0.4, 0.5) is 0 Å². The molecule has 3 aliphatic rings. The molecule has 1 aromatic rings. The fraction of sp³-hybridized carbons (Fsp3) is 0.600. The minimum Gasteiger partial charge on any atom is -0.463 e. The molecule has 1 aromatic carbocycles. The van der Waals surface area contributed by atoms with Gasteiger partial charge in [-0.25, -0.2) is 0 Å². The van der Waals surface area contributed by atoms with E-state index in [2.05, 4.69) is 41.3 Å². The second-order valence-corrected chi connectivity index (χ2v) is 13.6. The van der Waals surface area contributed by atoms with Crippen molar-refractivity contribution >= 4 is 39.6 Å². The number of alkyl halides is 1. The Hall–Kier alpha value is -3.02. The van der Waals surface area contributed by atoms with Crippen molar-refractivity contribution in [1.82, 2.24) is 15.1 Å². The van der Waals surface area contributed by atoms with Crippen LogP contribution in [-0.4, -0.2) is 93.5 Å². The van der Waals surface area contributed by atoms with Crippen LogP contribution in [0.1, 0.15) is 70.4 Å². The van der Waals surface area contributed by atoms with Crippen molar-refractivity contribution in [3.8, 4) is 0 Å². The number of likely N-dealkylation sites (tertiary alicyclic amines) is 1. The third-order valence-electron chi connectivity index (χ3n) is 9.51. The molecule has 4 rings (SSSR count). The maximum atomic E-state index is 14.5. The first-order chi connectivity index (χ1) is 22.2. The van der Waals surface area contributed by atoms with E-state index in [1.54, 1.807) is 17.1 Å². The number of esters is 1. The largest absolute Gasteiger partial charge is 0.463 e. The van der Waals surface area contributed by atoms with E-state index >= 15 is 0 Å². The van der Waals surface area contributed by atoms with Gasteiger partial charge in [-0.2, -0.15) is 0 Å². The van der Waals surface area contributed by atoms with Gasteiger partial charge >= 0.3 is 5.97 Å². The van der Waals surface area contributed by atoms with Gasteiger partial charge in [0, 0.05) is 24.3 Å². The molecule has 10 nitrogen and oxygen atoms in total. The number of hydrogen-bond acceptors (Lipinski definition) is 7. The highest BCUT2D eigenvalue weighted by atomic mass is 79.9. The average Bonchev–Trinajstić information content (AvgIpc) is 3.65. The number of ether oxygens (including phenoxy) is 2. The van der Waals surface area contributed by atoms with Crippen LogP contribution in [-0.2, 0) is 28.7 Å². The van der Waals surface area contributed by atoms with Crippen molar-refractivity contribution in [2.75, 3.05) is 26.3 Å². The van der Waals surface area contributed by atoms with E-state index in [0.29, 0.717) is 32.4 Å². The second kappa shape index (κ2) is 16.2. The Morgan fingerprint density at radius 3 is 2.59 bits per heavy atom. The minimum absolute atomic E-state index is 0.0879. The quantitative estimate of drug-likeness (QED) is 0.102. The molecule has 1 spiro atoms. The zero-order valence-electron chi connectivity index (χ0n) is 26.9. The summed E-state index contributed by atoms with van der Waals surface area (Å²) in [6, 6.07) is 6.92. The van der Waals surface area contributed by atoms with Gasteiger partial charge in [-0.1, -0.05) is 85.1 Å². The van der Waals surface area contributed by atoms with Gasteiger partial charge in [-0.3, -0.25) is 19.2 Å². The molecule has 252 valence electrons. The molecule has 1 unspecified atom stereocenters. The topological polar surface area (TPSA) is 125 Å². The van der Waals surface area contributed by atoms with Crippen molar-refractivity contribution < 1.29 is 33.8 Å². The summed E-state index contributed by atoms with van der Waals surface area (Å²) in [6.45, 7) is 11.9. The van der Waals surface area contributed by atoms with Gasteiger partial charge in [-0.15, -0.1) is 13.2 Å². The van der Waals surface area contributed by atoms with Gasteiger partial charge in [-0.05, 0) is 31.2 Å². The molecule has 0 radical (unpaired) electrons. The summed E-state index contributed by atoms with van der Waals surface area (Å²) in [5.74, 6) is -3.26. The third kappa shape index (κ3) is 7.11. The van der Waals surface area contributed by atoms with Crippen molar-refractivity contribution in [3.05, 3.63) is 61.2 Å². The molecular formula is C35H48BrN3O7. The Morgan fingerprint density at radius 2 is 1.96 bits per heavy atom. The van der Waals surface area contributed by atoms with Crippen LogP contribution < -0.4 is 5.32 Å². The molecule has 46 heavy (non-hydrogen) atoms. The summed E-state index contributed by atoms with van der Waals surface area (Å²) >= 11 is 3.72. The van der Waals surface area contributed by atoms with Gasteiger partial charge < -0.3 is 29.7 Å². The number of unbranched alkanes of at least 4 members (excludes halogenated alkanes) is 2. The van der Waals surface area contributed by atoms with Gasteiger partial charge in [0.15, 0.2) is 0 Å². The van der Waals surface area contributed by atoms with Crippen LogP contribution >= 0.6 is 15.9 Å². The first kappa shape index (κ1) is 35.8. The minimum atomic E-state index is -1.25. The zero-order valence-corrected chi connectivity index (χ0v) is 28.5. The summed E-state index contributed by atoms with van der Waals surface area (Å²) in [7, 11) is 0. The molecule has 3 heterocycles. The van der Waals surface area contributed by atoms with Crippen molar-refractivity contribution in [2.24, 2.45) is 11.8 Å². The molecule has 3 aliphatic heterocycles. The Morgan fingerprint density at radius 1 is 1.22 bits per heavy atom. The lowest BCUT2D eigenvalue weighted by molar-refractivity contribution is -0.151. The zero-order chi connectivity index (χ0) is 33.4. The summed E-state index contributed by atoms with van der Waals surface area (Å²) in [4.78, 5) is 58.5. The van der Waals surface area contributed by atoms with Gasteiger partial charge in [0.1, 0.15) is 18.2 Å². The number of carbonyl (C=O) groups is 4. The number of nitrogens with one attached hydrogen (secondary N) is 1. The summed E-state index contributed by atoms with van der Waals surface area (Å²) in [5, 5.41) is 13.4. The lowest BCUT2D eigenvalue weighted by Gasteiger charge is -2.39. The van der Waals surface area contributed by atoms with E-state index in [9.17, 15) is 24.3 Å². The van der Waals surface area contributed by atoms with E-state index < -0.39 is 53.5 Å². The summed E-state index contributed by atoms with van der Waals surface area (Å²) < 4.78 is 12.2. The summed E-state index contributed by atoms with van der Waals surface area (Å²) in [5.41, 5.74) is -0.506. The number of allylic oxidation sites excluding steroid dienone is 1. The van der Waals surface area contributed by atoms with Crippen molar-refractivity contribution in [3.63, 3.8) is 0 Å². The first-order valence-electron chi connectivity index (χ1n) is 16.4. The predicted octanol–water partition coefficient (Wildman–Crippen LogP) is 4.08. The molecule has 11 heteroatoms. The standard InChI is InChI=1S/C35H48BrN3O7/c1-5-9-14-19-38(18-7-3)34(44)31-35-20-25(36)30(46-35)28(29(35)33(43)39(31)24(8-4)21-40)32(42)37-26(23-15-12-11-13-16-23)22-45-27(41)17-10-6-2/h6-7,11-13,15-16,24-26,28-31,40H,2-3,5,8-10,14,17-22H2,1,4H3,(H,37,42)/t24-,25?,26-,28+,29-,30+,31+,35-/m0/s1. The first-order valence-corrected chi connectivity index (χ1v) is 17.4. The molecule has 2 bridgehead atoms. The highest BCUT2D eigenvalue weighted by molar-refractivity contribution is 9.09. The Labute approximate surface area is 280 Å². The van der Waals surface area contributed by atoms with E-state index in [1.807, 2.05) is 37.3 Å². The van der Waals surface area contributed by atoms with Gasteiger partial charge in [0.05, 0.1) is 36.6 Å². The molecule has 3 fully saturated rings. The molecule has 0 aliphatic carbocycles. The normalized spacial score (nSPS) is 27.5. The average molecular weight is 703 g/mol. The number of nitrogens with zero attached hydrogens (tertiary/aromatic N) is 2. The van der Waals surface area contributed by atoms with Crippen molar-refractivity contribution in [1.29, 1.82) is 0 Å². The van der Waals surface area contributed by atoms with E-state index in [1.165, 1.54) is 4.90 Å². The summed E-state index contributed by atoms with van der Waals surface area (Å²) in [6.07, 6.45) is 6.86. The fourth-order valence-corrected chi connectivity index (χ4v) is 8.21. The number of carbonyl (C=O) groups excluding carboxylic acids is 4. The number of hydrogen-bond donors (Lipinski definition) is 2. The van der Waals surface area contributed by atoms with Crippen LogP contribution in [0.3, 0.4) is 0 Å².